The van der Waals surface area contributed by atoms with Gasteiger partial charge in [-0.1, -0.05) is 50.8 Å². The van der Waals surface area contributed by atoms with Gasteiger partial charge in [-0.05, 0) is 52.2 Å². The molecule has 0 amide bonds. The van der Waals surface area contributed by atoms with Crippen LogP contribution in [0.25, 0.3) is 0 Å². The maximum absolute atomic E-state index is 10.8. The highest BCUT2D eigenvalue weighted by Crippen LogP contribution is 2.31. The van der Waals surface area contributed by atoms with E-state index < -0.39 is 17.4 Å². The lowest BCUT2D eigenvalue weighted by Crippen LogP contribution is -2.30. The molecule has 1 heterocycles. The molecule has 0 spiro atoms. The molecule has 2 rings (SSSR count). The van der Waals surface area contributed by atoms with E-state index in [0.717, 1.165) is 0 Å². The van der Waals surface area contributed by atoms with E-state index in [1.165, 1.54) is 89.7 Å². The Kier molecular flexibility index (Phi) is 9.50. The van der Waals surface area contributed by atoms with E-state index in [0.29, 0.717) is 0 Å². The zero-order valence-electron chi connectivity index (χ0n) is 15.7. The lowest BCUT2D eigenvalue weighted by molar-refractivity contribution is -0.145. The fourth-order valence-electron chi connectivity index (χ4n) is 3.13. The van der Waals surface area contributed by atoms with E-state index >= 15 is 0 Å². The predicted octanol–water partition coefficient (Wildman–Crippen LogP) is 4.10. The summed E-state index contributed by atoms with van der Waals surface area (Å²) < 4.78 is 0. The van der Waals surface area contributed by atoms with Crippen LogP contribution < -0.4 is 0 Å². The Labute approximate surface area is 151 Å². The van der Waals surface area contributed by atoms with Gasteiger partial charge in [-0.2, -0.15) is 0 Å². The van der Waals surface area contributed by atoms with Crippen LogP contribution in [0.4, 0.5) is 0 Å². The smallest absolute Gasteiger partial charge is 0.331 e. The van der Waals surface area contributed by atoms with Crippen LogP contribution in [0.15, 0.2) is 23.8 Å². The van der Waals surface area contributed by atoms with Crippen molar-refractivity contribution in [3.63, 3.8) is 0 Å². The average molecular weight is 351 g/mol. The monoisotopic (exact) mass is 351 g/mol. The molecular formula is C20H33NO4. The van der Waals surface area contributed by atoms with E-state index in [1.807, 2.05) is 0 Å². The highest BCUT2D eigenvalue weighted by Gasteiger charge is 2.34. The van der Waals surface area contributed by atoms with E-state index in [1.54, 1.807) is 0 Å². The Hall–Kier alpha value is -1.62. The number of hydrogen-bond donors (Lipinski definition) is 2. The van der Waals surface area contributed by atoms with E-state index in [2.05, 4.69) is 11.8 Å². The number of nitrogens with zero attached hydrogens (tertiary/aromatic N) is 1. The molecule has 5 heteroatoms. The number of carbonyl (C=O) groups is 2. The van der Waals surface area contributed by atoms with E-state index in [-0.39, 0.29) is 12.0 Å². The van der Waals surface area contributed by atoms with E-state index in [9.17, 15) is 9.59 Å². The second-order valence-corrected chi connectivity index (χ2v) is 7.22. The van der Waals surface area contributed by atoms with Gasteiger partial charge in [0.25, 0.3) is 0 Å². The number of piperidine rings is 1. The first kappa shape index (κ1) is 21.4. The van der Waals surface area contributed by atoms with Gasteiger partial charge in [0.2, 0.25) is 0 Å². The first-order valence-corrected chi connectivity index (χ1v) is 9.46. The van der Waals surface area contributed by atoms with Crippen LogP contribution in [0, 0.1) is 5.41 Å². The van der Waals surface area contributed by atoms with Crippen LogP contribution in [0.5, 0.6) is 0 Å². The van der Waals surface area contributed by atoms with Gasteiger partial charge in [0.1, 0.15) is 0 Å². The van der Waals surface area contributed by atoms with Crippen molar-refractivity contribution in [3.8, 4) is 0 Å². The molecule has 0 aromatic heterocycles. The van der Waals surface area contributed by atoms with Gasteiger partial charge in [0, 0.05) is 5.57 Å². The molecule has 0 saturated carbocycles. The minimum Gasteiger partial charge on any atom is -0.481 e. The molecule has 1 fully saturated rings. The van der Waals surface area contributed by atoms with Crippen molar-refractivity contribution in [2.45, 2.75) is 65.2 Å². The third-order valence-electron chi connectivity index (χ3n) is 4.86. The molecule has 142 valence electrons. The third kappa shape index (κ3) is 7.86. The van der Waals surface area contributed by atoms with Crippen molar-refractivity contribution in [2.24, 2.45) is 5.41 Å². The Morgan fingerprint density at radius 1 is 1.12 bits per heavy atom. The molecule has 2 aliphatic rings. The number of likely N-dealkylation sites (tertiary alicyclic amines) is 1. The molecule has 1 aliphatic heterocycles. The minimum atomic E-state index is -1.08. The fraction of sp³-hybridized carbons (Fsp3) is 0.700. The number of aliphatic carboxylic acids is 2. The lowest BCUT2D eigenvalue weighted by atomic mass is 9.80. The maximum Gasteiger partial charge on any atom is 0.331 e. The summed E-state index contributed by atoms with van der Waals surface area (Å²) in [6.07, 6.45) is 14.4. The van der Waals surface area contributed by atoms with Gasteiger partial charge < -0.3 is 15.1 Å². The Morgan fingerprint density at radius 3 is 2.36 bits per heavy atom. The van der Waals surface area contributed by atoms with Gasteiger partial charge in [0.15, 0.2) is 0 Å². The molecule has 5 nitrogen and oxygen atoms in total. The van der Waals surface area contributed by atoms with Crippen molar-refractivity contribution in [1.29, 1.82) is 0 Å². The predicted molar refractivity (Wildman–Crippen MR) is 99.7 cm³/mol. The zero-order chi connectivity index (χ0) is 18.7. The number of rotatable bonds is 7. The Bertz CT molecular complexity index is 492. The first-order chi connectivity index (χ1) is 11.9. The molecule has 2 N–H and O–H groups in total. The van der Waals surface area contributed by atoms with Crippen molar-refractivity contribution < 1.29 is 19.8 Å². The molecular weight excluding hydrogens is 318 g/mol. The first-order valence-electron chi connectivity index (χ1n) is 9.46. The van der Waals surface area contributed by atoms with Crippen molar-refractivity contribution >= 4 is 11.9 Å². The maximum atomic E-state index is 10.8. The summed E-state index contributed by atoms with van der Waals surface area (Å²) in [6.45, 7) is 7.88. The lowest BCUT2D eigenvalue weighted by Gasteiger charge is -2.26. The molecule has 1 atom stereocenters. The van der Waals surface area contributed by atoms with Gasteiger partial charge in [-0.3, -0.25) is 4.79 Å². The molecule has 0 radical (unpaired) electrons. The summed E-state index contributed by atoms with van der Waals surface area (Å²) in [5.41, 5.74) is -0.949. The van der Waals surface area contributed by atoms with Crippen molar-refractivity contribution in [2.75, 3.05) is 19.6 Å². The average Bonchev–Trinajstić information content (AvgIpc) is 2.60. The summed E-state index contributed by atoms with van der Waals surface area (Å²) in [7, 11) is 0. The SMILES string of the molecule is CC1(C(=O)O)C=CC=C(C(=O)O)C1.CCCCCCN1CCCCC1. The summed E-state index contributed by atoms with van der Waals surface area (Å²) in [5, 5.41) is 17.5. The number of unbranched alkanes of at least 4 members (excludes halogenated alkanes) is 3. The van der Waals surface area contributed by atoms with Gasteiger partial charge in [-0.15, -0.1) is 0 Å². The van der Waals surface area contributed by atoms with Crippen molar-refractivity contribution in [3.05, 3.63) is 23.8 Å². The number of carboxylic acids is 2. The van der Waals surface area contributed by atoms with Crippen LogP contribution in [-0.2, 0) is 9.59 Å². The molecule has 1 aliphatic carbocycles. The number of carboxylic acid groups (broad SMARTS) is 2. The second-order valence-electron chi connectivity index (χ2n) is 7.22. The number of allylic oxidation sites excluding steroid dienone is 2. The van der Waals surface area contributed by atoms with Crippen LogP contribution in [-0.4, -0.2) is 46.7 Å². The van der Waals surface area contributed by atoms with E-state index in [4.69, 9.17) is 10.2 Å². The molecule has 25 heavy (non-hydrogen) atoms. The van der Waals surface area contributed by atoms with Gasteiger partial charge >= 0.3 is 11.9 Å². The van der Waals surface area contributed by atoms with Crippen LogP contribution in [0.2, 0.25) is 0 Å². The quantitative estimate of drug-likeness (QED) is 0.675. The fourth-order valence-corrected chi connectivity index (χ4v) is 3.13. The molecule has 1 unspecified atom stereocenters. The minimum absolute atomic E-state index is 0.0359. The highest BCUT2D eigenvalue weighted by molar-refractivity contribution is 5.90. The molecule has 1 saturated heterocycles. The molecule has 0 aromatic rings. The van der Waals surface area contributed by atoms with Gasteiger partial charge in [0.05, 0.1) is 5.41 Å². The van der Waals surface area contributed by atoms with Crippen LogP contribution in [0.1, 0.15) is 65.2 Å². The third-order valence-corrected chi connectivity index (χ3v) is 4.86. The Balaban J connectivity index is 0.000000251. The summed E-state index contributed by atoms with van der Waals surface area (Å²) >= 11 is 0. The Morgan fingerprint density at radius 2 is 1.80 bits per heavy atom. The van der Waals surface area contributed by atoms with Gasteiger partial charge in [-0.25, -0.2) is 4.79 Å². The largest absolute Gasteiger partial charge is 0.481 e. The van der Waals surface area contributed by atoms with Crippen molar-refractivity contribution in [1.82, 2.24) is 4.90 Å². The molecule has 0 aromatic carbocycles. The molecule has 0 bridgehead atoms. The zero-order valence-corrected chi connectivity index (χ0v) is 15.7. The number of hydrogen-bond acceptors (Lipinski definition) is 3. The van der Waals surface area contributed by atoms with Crippen LogP contribution in [0.3, 0.4) is 0 Å². The standard InChI is InChI=1S/C11H23N.C9H10O4/c1-2-3-4-6-9-12-10-7-5-8-11-12;1-9(8(12)13)4-2-3-6(5-9)7(10)11/h2-11H2,1H3;2-4H,5H2,1H3,(H,10,11)(H,12,13). The van der Waals surface area contributed by atoms with Crippen LogP contribution >= 0.6 is 0 Å². The normalized spacial score (nSPS) is 23.4. The summed E-state index contributed by atoms with van der Waals surface area (Å²) in [4.78, 5) is 24.0. The topological polar surface area (TPSA) is 77.8 Å². The second kappa shape index (κ2) is 11.1. The summed E-state index contributed by atoms with van der Waals surface area (Å²) in [6, 6.07) is 0. The summed E-state index contributed by atoms with van der Waals surface area (Å²) in [5.74, 6) is -2.06. The highest BCUT2D eigenvalue weighted by atomic mass is 16.4.